The zero-order valence-electron chi connectivity index (χ0n) is 23.5. The van der Waals surface area contributed by atoms with Crippen LogP contribution in [-0.4, -0.2) is 34.7 Å². The molecule has 0 saturated heterocycles. The Kier molecular flexibility index (Phi) is 8.09. The molecular weight excluding hydrogens is 542 g/mol. The number of sulfonamides is 1. The first-order valence-corrected chi connectivity index (χ1v) is 15.0. The summed E-state index contributed by atoms with van der Waals surface area (Å²) in [7, 11) is -3.99. The fourth-order valence-electron chi connectivity index (χ4n) is 4.87. The number of fused-ring (bicyclic) bond motifs is 1. The second-order valence-corrected chi connectivity index (χ2v) is 11.5. The first-order valence-electron chi connectivity index (χ1n) is 13.5. The van der Waals surface area contributed by atoms with E-state index in [1.54, 1.807) is 44.3 Å². The highest BCUT2D eigenvalue weighted by Crippen LogP contribution is 2.33. The van der Waals surface area contributed by atoms with Crippen LogP contribution in [0.15, 0.2) is 68.9 Å². The van der Waals surface area contributed by atoms with Crippen LogP contribution < -0.4 is 10.3 Å². The molecule has 0 unspecified atom stereocenters. The predicted molar refractivity (Wildman–Crippen MR) is 157 cm³/mol. The van der Waals surface area contributed by atoms with Gasteiger partial charge in [0, 0.05) is 36.9 Å². The van der Waals surface area contributed by atoms with E-state index in [-0.39, 0.29) is 22.9 Å². The van der Waals surface area contributed by atoms with Crippen LogP contribution in [-0.2, 0) is 34.3 Å². The van der Waals surface area contributed by atoms with Gasteiger partial charge in [0.25, 0.3) is 15.6 Å². The van der Waals surface area contributed by atoms with Crippen molar-refractivity contribution in [3.63, 3.8) is 0 Å². The van der Waals surface area contributed by atoms with E-state index in [0.29, 0.717) is 41.1 Å². The van der Waals surface area contributed by atoms with E-state index in [0.717, 1.165) is 35.4 Å². The molecule has 5 aromatic rings. The van der Waals surface area contributed by atoms with E-state index in [4.69, 9.17) is 14.2 Å². The maximum atomic E-state index is 13.5. The molecule has 0 aliphatic heterocycles. The van der Waals surface area contributed by atoms with Crippen LogP contribution in [0, 0.1) is 13.8 Å². The Morgan fingerprint density at radius 3 is 2.61 bits per heavy atom. The number of imidazole rings is 1. The Morgan fingerprint density at radius 2 is 1.88 bits per heavy atom. The number of aromatic nitrogens is 4. The number of hydrogen-bond acceptors (Lipinski definition) is 7. The van der Waals surface area contributed by atoms with Crippen LogP contribution in [0.3, 0.4) is 0 Å². The summed E-state index contributed by atoms with van der Waals surface area (Å²) in [6.45, 7) is 8.68. The number of nitrogens with one attached hydrogen (secondary N) is 2. The molecular formula is C30H33N5O5S. The number of hydrogen-bond donors (Lipinski definition) is 2. The smallest absolute Gasteiger partial charge is 0.274 e. The van der Waals surface area contributed by atoms with Gasteiger partial charge in [-0.1, -0.05) is 48.5 Å². The highest BCUT2D eigenvalue weighted by Gasteiger charge is 2.24. The summed E-state index contributed by atoms with van der Waals surface area (Å²) >= 11 is 0. The molecule has 0 aliphatic carbocycles. The average molecular weight is 576 g/mol. The standard InChI is InChI=1S/C30H33N5O5S/c1-5-9-27-32-25-14-15-31-30(36)28(25)35(27)17-21-12-13-23(22(16-21)18-39-6-2)24-10-7-8-11-26(24)41(37,38)34-29-19(3)20(4)40-33-29/h7-8,10-16H,5-6,9,17-18H2,1-4H3,(H,31,36)(H,33,34). The van der Waals surface area contributed by atoms with Crippen molar-refractivity contribution in [1.82, 2.24) is 19.7 Å². The summed E-state index contributed by atoms with van der Waals surface area (Å²) in [5.41, 5.74) is 4.67. The highest BCUT2D eigenvalue weighted by molar-refractivity contribution is 7.92. The van der Waals surface area contributed by atoms with Crippen LogP contribution in [0.1, 0.15) is 48.5 Å². The Bertz CT molecular complexity index is 1870. The normalized spacial score (nSPS) is 11.8. The number of ether oxygens (including phenoxy) is 1. The lowest BCUT2D eigenvalue weighted by Gasteiger charge is -2.17. The van der Waals surface area contributed by atoms with Gasteiger partial charge in [-0.15, -0.1) is 0 Å². The fourth-order valence-corrected chi connectivity index (χ4v) is 6.15. The van der Waals surface area contributed by atoms with Gasteiger partial charge in [0.2, 0.25) is 0 Å². The molecule has 0 bridgehead atoms. The summed E-state index contributed by atoms with van der Waals surface area (Å²) in [6, 6.07) is 14.5. The molecule has 41 heavy (non-hydrogen) atoms. The van der Waals surface area contributed by atoms with Crippen molar-refractivity contribution in [2.45, 2.75) is 58.6 Å². The van der Waals surface area contributed by atoms with Crippen LogP contribution in [0.2, 0.25) is 0 Å². The molecule has 2 N–H and O–H groups in total. The number of benzene rings is 2. The van der Waals surface area contributed by atoms with Gasteiger partial charge >= 0.3 is 0 Å². The second kappa shape index (κ2) is 11.7. The number of H-pyrrole nitrogens is 1. The van der Waals surface area contributed by atoms with Crippen molar-refractivity contribution in [3.05, 3.63) is 93.4 Å². The first-order chi connectivity index (χ1) is 19.7. The Hall–Kier alpha value is -4.22. The molecule has 0 aliphatic rings. The molecule has 0 saturated carbocycles. The molecule has 10 nitrogen and oxygen atoms in total. The maximum absolute atomic E-state index is 13.5. The molecule has 3 heterocycles. The molecule has 0 amide bonds. The zero-order chi connectivity index (χ0) is 29.1. The summed E-state index contributed by atoms with van der Waals surface area (Å²) < 4.78 is 42.6. The number of rotatable bonds is 11. The van der Waals surface area contributed by atoms with Crippen molar-refractivity contribution in [2.24, 2.45) is 0 Å². The summed E-state index contributed by atoms with van der Waals surface area (Å²) in [6.07, 6.45) is 3.24. The third kappa shape index (κ3) is 5.68. The van der Waals surface area contributed by atoms with E-state index < -0.39 is 10.0 Å². The Balaban J connectivity index is 1.57. The largest absolute Gasteiger partial charge is 0.377 e. The number of pyridine rings is 1. The molecule has 0 spiro atoms. The van der Waals surface area contributed by atoms with Gasteiger partial charge in [-0.25, -0.2) is 13.4 Å². The van der Waals surface area contributed by atoms with Crippen molar-refractivity contribution >= 4 is 26.9 Å². The minimum atomic E-state index is -3.99. The number of aryl methyl sites for hydroxylation is 2. The SMILES string of the molecule is CCCc1nc2cc[nH]c(=O)c2n1Cc1ccc(-c2ccccc2S(=O)(=O)Nc2noc(C)c2C)c(COCC)c1. The summed E-state index contributed by atoms with van der Waals surface area (Å²) in [5.74, 6) is 1.54. The van der Waals surface area contributed by atoms with E-state index in [1.165, 1.54) is 0 Å². The van der Waals surface area contributed by atoms with Crippen LogP contribution in [0.5, 0.6) is 0 Å². The van der Waals surface area contributed by atoms with Gasteiger partial charge < -0.3 is 18.8 Å². The molecule has 0 fully saturated rings. The molecule has 0 radical (unpaired) electrons. The minimum Gasteiger partial charge on any atom is -0.377 e. The molecule has 5 rings (SSSR count). The van der Waals surface area contributed by atoms with E-state index >= 15 is 0 Å². The Labute approximate surface area is 238 Å². The molecule has 2 aromatic carbocycles. The van der Waals surface area contributed by atoms with Gasteiger partial charge in [-0.3, -0.25) is 9.52 Å². The van der Waals surface area contributed by atoms with Crippen molar-refractivity contribution in [3.8, 4) is 11.1 Å². The molecule has 0 atom stereocenters. The van der Waals surface area contributed by atoms with Crippen LogP contribution >= 0.6 is 0 Å². The monoisotopic (exact) mass is 575 g/mol. The average Bonchev–Trinajstić information content (AvgIpc) is 3.46. The third-order valence-corrected chi connectivity index (χ3v) is 8.44. The molecule has 214 valence electrons. The van der Waals surface area contributed by atoms with Gasteiger partial charge in [0.15, 0.2) is 5.82 Å². The van der Waals surface area contributed by atoms with E-state index in [9.17, 15) is 13.2 Å². The van der Waals surface area contributed by atoms with Crippen LogP contribution in [0.25, 0.3) is 22.2 Å². The molecule has 3 aromatic heterocycles. The van der Waals surface area contributed by atoms with E-state index in [2.05, 4.69) is 21.8 Å². The van der Waals surface area contributed by atoms with Crippen molar-refractivity contribution < 1.29 is 17.7 Å². The topological polar surface area (TPSA) is 132 Å². The number of aromatic amines is 1. The zero-order valence-corrected chi connectivity index (χ0v) is 24.3. The third-order valence-electron chi connectivity index (χ3n) is 7.04. The molecule has 11 heteroatoms. The fraction of sp³-hybridized carbons (Fsp3) is 0.300. The van der Waals surface area contributed by atoms with Crippen molar-refractivity contribution in [1.29, 1.82) is 0 Å². The number of nitrogens with zero attached hydrogens (tertiary/aromatic N) is 3. The van der Waals surface area contributed by atoms with E-state index in [1.807, 2.05) is 35.8 Å². The lowest BCUT2D eigenvalue weighted by molar-refractivity contribution is 0.134. The number of anilines is 1. The van der Waals surface area contributed by atoms with Gasteiger partial charge in [0.1, 0.15) is 17.1 Å². The minimum absolute atomic E-state index is 0.114. The van der Waals surface area contributed by atoms with Crippen molar-refractivity contribution in [2.75, 3.05) is 11.3 Å². The lowest BCUT2D eigenvalue weighted by atomic mass is 9.97. The summed E-state index contributed by atoms with van der Waals surface area (Å²) in [4.78, 5) is 20.3. The highest BCUT2D eigenvalue weighted by atomic mass is 32.2. The maximum Gasteiger partial charge on any atom is 0.274 e. The van der Waals surface area contributed by atoms with Gasteiger partial charge in [-0.05, 0) is 56.0 Å². The summed E-state index contributed by atoms with van der Waals surface area (Å²) in [5, 5.41) is 3.86. The Morgan fingerprint density at radius 1 is 1.07 bits per heavy atom. The van der Waals surface area contributed by atoms with Gasteiger partial charge in [0.05, 0.1) is 17.0 Å². The first kappa shape index (κ1) is 28.3. The lowest BCUT2D eigenvalue weighted by Crippen LogP contribution is -2.15. The predicted octanol–water partition coefficient (Wildman–Crippen LogP) is 5.33. The van der Waals surface area contributed by atoms with Crippen LogP contribution in [0.4, 0.5) is 5.82 Å². The quantitative estimate of drug-likeness (QED) is 0.217. The van der Waals surface area contributed by atoms with Gasteiger partial charge in [-0.2, -0.15) is 0 Å². The second-order valence-electron chi connectivity index (χ2n) is 9.85.